The molecule has 2 heterocycles. The number of aromatic hydroxyl groups is 2. The van der Waals surface area contributed by atoms with E-state index in [-0.39, 0.29) is 35.0 Å². The van der Waals surface area contributed by atoms with Gasteiger partial charge in [-0.05, 0) is 17.7 Å². The predicted octanol–water partition coefficient (Wildman–Crippen LogP) is 0.562. The highest BCUT2D eigenvalue weighted by Gasteiger charge is 2.45. The smallest absolute Gasteiger partial charge is 0.302 e. The maximum Gasteiger partial charge on any atom is 0.302 e. The van der Waals surface area contributed by atoms with Crippen molar-refractivity contribution in [3.63, 3.8) is 0 Å². The van der Waals surface area contributed by atoms with Gasteiger partial charge in [0.25, 0.3) is 0 Å². The number of ketones is 1. The molecule has 0 amide bonds. The van der Waals surface area contributed by atoms with Crippen molar-refractivity contribution < 1.29 is 58.8 Å². The van der Waals surface area contributed by atoms with Crippen LogP contribution in [0.3, 0.4) is 0 Å². The van der Waals surface area contributed by atoms with Crippen LogP contribution in [0, 0.1) is 0 Å². The van der Waals surface area contributed by atoms with Crippen LogP contribution < -0.4 is 14.2 Å². The molecule has 2 aromatic rings. The van der Waals surface area contributed by atoms with Crippen LogP contribution in [-0.4, -0.2) is 81.7 Å². The number of Topliss-reactive ketones (excluding diaryl/α,β-unsaturated/α-hetero) is 1. The van der Waals surface area contributed by atoms with Crippen molar-refractivity contribution in [2.24, 2.45) is 0 Å². The maximum absolute atomic E-state index is 12.8. The van der Waals surface area contributed by atoms with Crippen LogP contribution >= 0.6 is 0 Å². The first-order chi connectivity index (χ1) is 17.1. The van der Waals surface area contributed by atoms with Crippen molar-refractivity contribution in [2.45, 2.75) is 50.2 Å². The van der Waals surface area contributed by atoms with Gasteiger partial charge in [0.05, 0.1) is 13.5 Å². The van der Waals surface area contributed by atoms with Gasteiger partial charge in [0.1, 0.15) is 59.9 Å². The summed E-state index contributed by atoms with van der Waals surface area (Å²) < 4.78 is 27.0. The van der Waals surface area contributed by atoms with Crippen molar-refractivity contribution in [3.05, 3.63) is 41.5 Å². The number of aliphatic hydroxyl groups is 3. The van der Waals surface area contributed by atoms with Gasteiger partial charge in [0, 0.05) is 19.1 Å². The van der Waals surface area contributed by atoms with Gasteiger partial charge in [0.2, 0.25) is 6.29 Å². The number of phenolic OH excluding ortho intramolecular Hbond substituents is 2. The number of carbonyl (C=O) groups is 2. The Labute approximate surface area is 205 Å². The minimum absolute atomic E-state index is 0.000590. The van der Waals surface area contributed by atoms with Crippen molar-refractivity contribution in [3.8, 4) is 28.7 Å². The van der Waals surface area contributed by atoms with Crippen molar-refractivity contribution in [1.29, 1.82) is 0 Å². The van der Waals surface area contributed by atoms with E-state index in [4.69, 9.17) is 23.7 Å². The molecular formula is C24H26O12. The number of hydrogen-bond acceptors (Lipinski definition) is 12. The Bertz CT molecular complexity index is 1150. The highest BCUT2D eigenvalue weighted by molar-refractivity contribution is 6.02. The zero-order valence-corrected chi connectivity index (χ0v) is 19.4. The molecule has 36 heavy (non-hydrogen) atoms. The first-order valence-electron chi connectivity index (χ1n) is 11.0. The van der Waals surface area contributed by atoms with Crippen molar-refractivity contribution in [1.82, 2.24) is 0 Å². The molecular weight excluding hydrogens is 480 g/mol. The molecule has 1 fully saturated rings. The van der Waals surface area contributed by atoms with Crippen LogP contribution in [0.15, 0.2) is 30.3 Å². The Morgan fingerprint density at radius 1 is 1.06 bits per heavy atom. The predicted molar refractivity (Wildman–Crippen MR) is 119 cm³/mol. The number of phenols is 2. The summed E-state index contributed by atoms with van der Waals surface area (Å²) in [6.07, 6.45) is -8.47. The van der Waals surface area contributed by atoms with E-state index >= 15 is 0 Å². The first kappa shape index (κ1) is 25.5. The summed E-state index contributed by atoms with van der Waals surface area (Å²) in [5.74, 6) is -1.42. The molecule has 5 N–H and O–H groups in total. The number of hydrogen-bond donors (Lipinski definition) is 5. The zero-order chi connectivity index (χ0) is 26.1. The van der Waals surface area contributed by atoms with Gasteiger partial charge in [0.15, 0.2) is 17.3 Å². The minimum atomic E-state index is -1.69. The third-order valence-electron chi connectivity index (χ3n) is 5.92. The van der Waals surface area contributed by atoms with Crippen molar-refractivity contribution >= 4 is 11.8 Å². The van der Waals surface area contributed by atoms with Gasteiger partial charge in [-0.1, -0.05) is 6.07 Å². The Morgan fingerprint density at radius 3 is 2.50 bits per heavy atom. The Morgan fingerprint density at radius 2 is 1.81 bits per heavy atom. The van der Waals surface area contributed by atoms with E-state index in [0.717, 1.165) is 13.0 Å². The molecule has 0 saturated carbocycles. The van der Waals surface area contributed by atoms with Crippen LogP contribution in [-0.2, 0) is 14.3 Å². The van der Waals surface area contributed by atoms with E-state index in [1.165, 1.54) is 25.3 Å². The summed E-state index contributed by atoms with van der Waals surface area (Å²) in [5.41, 5.74) is 0.489. The number of ether oxygens (including phenoxy) is 5. The Hall–Kier alpha value is -3.58. The van der Waals surface area contributed by atoms with Gasteiger partial charge in [-0.15, -0.1) is 0 Å². The summed E-state index contributed by atoms with van der Waals surface area (Å²) in [5, 5.41) is 51.0. The summed E-state index contributed by atoms with van der Waals surface area (Å²) in [6, 6.07) is 6.94. The molecule has 1 saturated heterocycles. The quantitative estimate of drug-likeness (QED) is 0.344. The van der Waals surface area contributed by atoms with Gasteiger partial charge in [-0.3, -0.25) is 9.59 Å². The second-order valence-electron chi connectivity index (χ2n) is 8.42. The molecule has 6 atom stereocenters. The molecule has 0 unspecified atom stereocenters. The highest BCUT2D eigenvalue weighted by atomic mass is 16.7. The number of benzene rings is 2. The average molecular weight is 506 g/mol. The highest BCUT2D eigenvalue weighted by Crippen LogP contribution is 2.43. The van der Waals surface area contributed by atoms with E-state index < -0.39 is 60.9 Å². The van der Waals surface area contributed by atoms with Gasteiger partial charge in [-0.2, -0.15) is 0 Å². The monoisotopic (exact) mass is 506 g/mol. The lowest BCUT2D eigenvalue weighted by Crippen LogP contribution is -2.60. The molecule has 2 aliphatic heterocycles. The summed E-state index contributed by atoms with van der Waals surface area (Å²) in [6.45, 7) is 0.762. The number of esters is 1. The van der Waals surface area contributed by atoms with Crippen LogP contribution in [0.25, 0.3) is 0 Å². The lowest BCUT2D eigenvalue weighted by atomic mass is 9.95. The first-order valence-corrected chi connectivity index (χ1v) is 11.0. The summed E-state index contributed by atoms with van der Waals surface area (Å²) in [4.78, 5) is 23.9. The fourth-order valence-electron chi connectivity index (χ4n) is 4.05. The standard InChI is InChI=1S/C24H26O12/c1-10(25)33-9-19-21(29)22(30)23(31)24(36-19)34-12-6-14(27)20-15(28)8-16(35-18(20)7-12)11-3-4-13(26)17(5-11)32-2/h3-7,16,19,21-24,26-27,29-31H,8-9H2,1-2H3/t16-,19+,21+,22-,23-,24+/m0/s1. The van der Waals surface area contributed by atoms with E-state index in [0.29, 0.717) is 5.56 Å². The second-order valence-corrected chi connectivity index (χ2v) is 8.42. The molecule has 0 radical (unpaired) electrons. The summed E-state index contributed by atoms with van der Waals surface area (Å²) in [7, 11) is 1.39. The molecule has 12 nitrogen and oxygen atoms in total. The molecule has 0 spiro atoms. The van der Waals surface area contributed by atoms with Crippen LogP contribution in [0.2, 0.25) is 0 Å². The molecule has 4 rings (SSSR count). The molecule has 0 bridgehead atoms. The molecule has 194 valence electrons. The van der Waals surface area contributed by atoms with E-state index in [2.05, 4.69) is 0 Å². The number of aliphatic hydroxyl groups excluding tert-OH is 3. The molecule has 0 aliphatic carbocycles. The van der Waals surface area contributed by atoms with Gasteiger partial charge < -0.3 is 49.2 Å². The van der Waals surface area contributed by atoms with E-state index in [9.17, 15) is 35.1 Å². The lowest BCUT2D eigenvalue weighted by Gasteiger charge is -2.40. The normalized spacial score (nSPS) is 27.5. The molecule has 2 aliphatic rings. The SMILES string of the molecule is COc1cc([C@@H]2CC(=O)c3c(O)cc(O[C@@H]4O[C@H](COC(C)=O)[C@@H](O)[C@H](O)[C@@H]4O)cc3O2)ccc1O. The number of carbonyl (C=O) groups excluding carboxylic acids is 2. The van der Waals surface area contributed by atoms with Gasteiger partial charge in [-0.25, -0.2) is 0 Å². The topological polar surface area (TPSA) is 181 Å². The van der Waals surface area contributed by atoms with Crippen LogP contribution in [0.5, 0.6) is 28.7 Å². The number of rotatable bonds is 6. The largest absolute Gasteiger partial charge is 0.507 e. The molecule has 2 aromatic carbocycles. The fraction of sp³-hybridized carbons (Fsp3) is 0.417. The number of methoxy groups -OCH3 is 1. The third-order valence-corrected chi connectivity index (χ3v) is 5.92. The fourth-order valence-corrected chi connectivity index (χ4v) is 4.05. The lowest BCUT2D eigenvalue weighted by molar-refractivity contribution is -0.278. The van der Waals surface area contributed by atoms with Gasteiger partial charge >= 0.3 is 5.97 Å². The number of fused-ring (bicyclic) bond motifs is 1. The Balaban J connectivity index is 1.57. The zero-order valence-electron chi connectivity index (χ0n) is 19.4. The average Bonchev–Trinajstić information content (AvgIpc) is 2.83. The molecule has 0 aromatic heterocycles. The summed E-state index contributed by atoms with van der Waals surface area (Å²) >= 11 is 0. The van der Waals surface area contributed by atoms with E-state index in [1.807, 2.05) is 0 Å². The molecule has 12 heteroatoms. The maximum atomic E-state index is 12.8. The second kappa shape index (κ2) is 10.2. The van der Waals surface area contributed by atoms with Crippen LogP contribution in [0.4, 0.5) is 0 Å². The minimum Gasteiger partial charge on any atom is -0.507 e. The van der Waals surface area contributed by atoms with E-state index in [1.54, 1.807) is 6.07 Å². The third kappa shape index (κ3) is 5.02. The Kier molecular flexibility index (Phi) is 7.22. The van der Waals surface area contributed by atoms with Crippen molar-refractivity contribution in [2.75, 3.05) is 13.7 Å². The van der Waals surface area contributed by atoms with Crippen LogP contribution in [0.1, 0.15) is 35.4 Å².